The third kappa shape index (κ3) is 2.79. The van der Waals surface area contributed by atoms with E-state index in [0.29, 0.717) is 0 Å². The highest BCUT2D eigenvalue weighted by atomic mass is 16.5. The van der Waals surface area contributed by atoms with Crippen molar-refractivity contribution in [3.63, 3.8) is 0 Å². The first-order valence-corrected chi connectivity index (χ1v) is 6.48. The molecule has 3 aromatic rings. The summed E-state index contributed by atoms with van der Waals surface area (Å²) >= 11 is 0. The maximum absolute atomic E-state index is 11.3. The van der Waals surface area contributed by atoms with Gasteiger partial charge in [-0.15, -0.1) is 0 Å². The first kappa shape index (κ1) is 14.8. The van der Waals surface area contributed by atoms with Crippen LogP contribution in [0.1, 0.15) is 13.0 Å². The van der Waals surface area contributed by atoms with Gasteiger partial charge in [-0.1, -0.05) is 62.5 Å². The van der Waals surface area contributed by atoms with Crippen LogP contribution < -0.4 is 0 Å². The third-order valence-electron chi connectivity index (χ3n) is 3.41. The van der Waals surface area contributed by atoms with Crippen molar-refractivity contribution in [2.75, 3.05) is 0 Å². The number of fused-ring (bicyclic) bond motifs is 2. The fraction of sp³-hybridized carbons (Fsp3) is 0.105. The van der Waals surface area contributed by atoms with Crippen LogP contribution >= 0.6 is 0 Å². The molecule has 2 heteroatoms. The van der Waals surface area contributed by atoms with E-state index in [1.165, 1.54) is 6.08 Å². The number of hydrogen-bond acceptors (Lipinski definition) is 2. The van der Waals surface area contributed by atoms with Crippen LogP contribution in [0, 0.1) is 0 Å². The topological polar surface area (TPSA) is 26.3 Å². The highest BCUT2D eigenvalue weighted by molar-refractivity contribution is 6.02. The van der Waals surface area contributed by atoms with Crippen molar-refractivity contribution in [1.29, 1.82) is 0 Å². The second kappa shape index (κ2) is 6.23. The summed E-state index contributed by atoms with van der Waals surface area (Å²) in [6.45, 7) is 3.68. The summed E-state index contributed by atoms with van der Waals surface area (Å²) in [6.07, 6.45) is 1.19. The Hall–Kier alpha value is -2.61. The van der Waals surface area contributed by atoms with Crippen LogP contribution in [0.4, 0.5) is 0 Å². The lowest BCUT2D eigenvalue weighted by molar-refractivity contribution is -0.138. The van der Waals surface area contributed by atoms with Crippen LogP contribution in [-0.2, 0) is 16.1 Å². The van der Waals surface area contributed by atoms with Crippen LogP contribution in [0.15, 0.2) is 67.3 Å². The maximum Gasteiger partial charge on any atom is 0.330 e. The van der Waals surface area contributed by atoms with Gasteiger partial charge in [-0.25, -0.2) is 4.79 Å². The predicted molar refractivity (Wildman–Crippen MR) is 88.2 cm³/mol. The highest BCUT2D eigenvalue weighted by Gasteiger charge is 2.08. The number of benzene rings is 3. The number of rotatable bonds is 3. The fourth-order valence-electron chi connectivity index (χ4n) is 2.47. The minimum Gasteiger partial charge on any atom is -0.458 e. The summed E-state index contributed by atoms with van der Waals surface area (Å²) in [6, 6.07) is 18.4. The van der Waals surface area contributed by atoms with Gasteiger partial charge >= 0.3 is 5.97 Å². The quantitative estimate of drug-likeness (QED) is 0.388. The summed E-state index contributed by atoms with van der Waals surface area (Å²) in [7, 11) is 0. The van der Waals surface area contributed by atoms with E-state index in [4.69, 9.17) is 4.74 Å². The number of carbonyl (C=O) groups is 1. The van der Waals surface area contributed by atoms with E-state index in [9.17, 15) is 4.79 Å². The van der Waals surface area contributed by atoms with E-state index in [1.54, 1.807) is 0 Å². The second-order valence-corrected chi connectivity index (χ2v) is 4.61. The number of esters is 1. The minimum atomic E-state index is -0.401. The smallest absolute Gasteiger partial charge is 0.330 e. The molecule has 0 aromatic heterocycles. The molecule has 2 nitrogen and oxygen atoms in total. The van der Waals surface area contributed by atoms with Crippen LogP contribution in [0.25, 0.3) is 21.5 Å². The minimum absolute atomic E-state index is 0. The molecule has 0 radical (unpaired) electrons. The number of carbonyl (C=O) groups excluding carboxylic acids is 1. The molecule has 0 spiro atoms. The molecule has 3 rings (SSSR count). The normalized spacial score (nSPS) is 10.1. The van der Waals surface area contributed by atoms with Gasteiger partial charge in [-0.3, -0.25) is 0 Å². The van der Waals surface area contributed by atoms with Crippen molar-refractivity contribution in [1.82, 2.24) is 0 Å². The van der Waals surface area contributed by atoms with E-state index in [-0.39, 0.29) is 14.0 Å². The Balaban J connectivity index is 0.00000161. The van der Waals surface area contributed by atoms with E-state index in [1.807, 2.05) is 24.3 Å². The monoisotopic (exact) mass is 278 g/mol. The van der Waals surface area contributed by atoms with E-state index >= 15 is 0 Å². The Kier molecular flexibility index (Phi) is 4.39. The lowest BCUT2D eigenvalue weighted by Gasteiger charge is -2.11. The molecular formula is C19H18O2. The van der Waals surface area contributed by atoms with Crippen LogP contribution in [-0.4, -0.2) is 5.97 Å². The summed E-state index contributed by atoms with van der Waals surface area (Å²) in [4.78, 5) is 11.3. The average Bonchev–Trinajstić information content (AvgIpc) is 2.51. The van der Waals surface area contributed by atoms with E-state index < -0.39 is 5.97 Å². The molecule has 0 aliphatic heterocycles. The third-order valence-corrected chi connectivity index (χ3v) is 3.41. The van der Waals surface area contributed by atoms with Gasteiger partial charge in [0.2, 0.25) is 0 Å². The molecule has 3 aromatic carbocycles. The molecule has 0 aliphatic rings. The number of hydrogen-bond donors (Lipinski definition) is 0. The summed E-state index contributed by atoms with van der Waals surface area (Å²) < 4.78 is 5.24. The van der Waals surface area contributed by atoms with Crippen molar-refractivity contribution in [3.8, 4) is 0 Å². The van der Waals surface area contributed by atoms with Crippen molar-refractivity contribution in [3.05, 3.63) is 72.8 Å². The summed E-state index contributed by atoms with van der Waals surface area (Å²) in [5.74, 6) is -0.401. The molecule has 0 amide bonds. The van der Waals surface area contributed by atoms with Crippen LogP contribution in [0.2, 0.25) is 0 Å². The average molecular weight is 278 g/mol. The largest absolute Gasteiger partial charge is 0.458 e. The predicted octanol–water partition coefficient (Wildman–Crippen LogP) is 4.86. The van der Waals surface area contributed by atoms with Gasteiger partial charge in [0.1, 0.15) is 6.61 Å². The van der Waals surface area contributed by atoms with Crippen molar-refractivity contribution >= 4 is 27.5 Å². The van der Waals surface area contributed by atoms with Gasteiger partial charge in [-0.05, 0) is 27.6 Å². The van der Waals surface area contributed by atoms with Gasteiger partial charge in [0, 0.05) is 11.6 Å². The van der Waals surface area contributed by atoms with Gasteiger partial charge in [0.25, 0.3) is 0 Å². The molecule has 0 unspecified atom stereocenters. The van der Waals surface area contributed by atoms with Gasteiger partial charge in [-0.2, -0.15) is 0 Å². The zero-order valence-electron chi connectivity index (χ0n) is 11.0. The van der Waals surface area contributed by atoms with Crippen molar-refractivity contribution in [2.45, 2.75) is 14.0 Å². The Bertz CT molecular complexity index is 749. The Labute approximate surface area is 124 Å². The molecule has 0 heterocycles. The van der Waals surface area contributed by atoms with Gasteiger partial charge in [0.15, 0.2) is 0 Å². The summed E-state index contributed by atoms with van der Waals surface area (Å²) in [5.41, 5.74) is 1.04. The molecule has 21 heavy (non-hydrogen) atoms. The lowest BCUT2D eigenvalue weighted by atomic mass is 9.97. The molecule has 106 valence electrons. The molecule has 0 saturated heterocycles. The maximum atomic E-state index is 11.3. The lowest BCUT2D eigenvalue weighted by Crippen LogP contribution is -2.01. The zero-order valence-corrected chi connectivity index (χ0v) is 11.0. The Morgan fingerprint density at radius 3 is 2.05 bits per heavy atom. The summed E-state index contributed by atoms with van der Waals surface area (Å²) in [5, 5.41) is 4.53. The SMILES string of the molecule is C.C=CC(=O)OCc1c2ccccc2cc2ccccc12. The van der Waals surface area contributed by atoms with Crippen molar-refractivity contribution < 1.29 is 9.53 Å². The first-order valence-electron chi connectivity index (χ1n) is 6.48. The van der Waals surface area contributed by atoms with Crippen LogP contribution in [0.5, 0.6) is 0 Å². The van der Waals surface area contributed by atoms with E-state index in [2.05, 4.69) is 36.9 Å². The van der Waals surface area contributed by atoms with Gasteiger partial charge in [0.05, 0.1) is 0 Å². The van der Waals surface area contributed by atoms with Gasteiger partial charge < -0.3 is 4.74 Å². The molecule has 0 bridgehead atoms. The molecule has 0 aliphatic carbocycles. The molecular weight excluding hydrogens is 260 g/mol. The standard InChI is InChI=1S/C18H14O2.CH4/c1-2-18(19)20-12-17-15-9-5-3-7-13(15)11-14-8-4-6-10-16(14)17;/h2-11H,1,12H2;1H4. The number of ether oxygens (including phenoxy) is 1. The Morgan fingerprint density at radius 2 is 1.52 bits per heavy atom. The highest BCUT2D eigenvalue weighted by Crippen LogP contribution is 2.28. The molecule has 0 N–H and O–H groups in total. The molecule has 0 fully saturated rings. The molecule has 0 saturated carbocycles. The van der Waals surface area contributed by atoms with Crippen LogP contribution in [0.3, 0.4) is 0 Å². The second-order valence-electron chi connectivity index (χ2n) is 4.61. The van der Waals surface area contributed by atoms with Crippen molar-refractivity contribution in [2.24, 2.45) is 0 Å². The fourth-order valence-corrected chi connectivity index (χ4v) is 2.47. The van der Waals surface area contributed by atoms with E-state index in [0.717, 1.165) is 27.1 Å². The zero-order chi connectivity index (χ0) is 13.9. The Morgan fingerprint density at radius 1 is 1.00 bits per heavy atom. The first-order chi connectivity index (χ1) is 9.79. The molecule has 0 atom stereocenters.